The molecule has 0 spiro atoms. The van der Waals surface area contributed by atoms with Crippen molar-refractivity contribution in [1.82, 2.24) is 24.6 Å². The van der Waals surface area contributed by atoms with E-state index in [1.807, 2.05) is 16.8 Å². The summed E-state index contributed by atoms with van der Waals surface area (Å²) in [5, 5.41) is 4.46. The lowest BCUT2D eigenvalue weighted by Crippen LogP contribution is -2.41. The molecule has 1 saturated heterocycles. The zero-order valence-electron chi connectivity index (χ0n) is 16.8. The van der Waals surface area contributed by atoms with Crippen molar-refractivity contribution >= 4 is 11.8 Å². The van der Waals surface area contributed by atoms with Gasteiger partial charge in [0, 0.05) is 25.8 Å². The highest BCUT2D eigenvalue weighted by atomic mass is 16.5. The van der Waals surface area contributed by atoms with Crippen LogP contribution in [0.4, 0.5) is 0 Å². The second-order valence-electron chi connectivity index (χ2n) is 7.53. The molecule has 0 saturated carbocycles. The zero-order chi connectivity index (χ0) is 20.2. The minimum absolute atomic E-state index is 0.0718. The summed E-state index contributed by atoms with van der Waals surface area (Å²) in [5.74, 6) is -0.155. The molecular formula is C21H27N5O3. The highest BCUT2D eigenvalue weighted by Gasteiger charge is 2.27. The highest BCUT2D eigenvalue weighted by molar-refractivity contribution is 5.93. The van der Waals surface area contributed by atoms with Crippen LogP contribution in [0.2, 0.25) is 0 Å². The van der Waals surface area contributed by atoms with Gasteiger partial charge in [0.25, 0.3) is 11.8 Å². The van der Waals surface area contributed by atoms with E-state index in [0.717, 1.165) is 30.5 Å². The molecule has 0 atom stereocenters. The third-order valence-electron chi connectivity index (χ3n) is 5.47. The molecule has 2 aliphatic heterocycles. The molecule has 2 aromatic heterocycles. The fraction of sp³-hybridized carbons (Fsp3) is 0.524. The van der Waals surface area contributed by atoms with Crippen molar-refractivity contribution in [1.29, 1.82) is 0 Å². The smallest absolute Gasteiger partial charge is 0.274 e. The maximum absolute atomic E-state index is 12.9. The summed E-state index contributed by atoms with van der Waals surface area (Å²) in [6, 6.07) is 5.61. The molecule has 0 radical (unpaired) electrons. The molecular weight excluding hydrogens is 370 g/mol. The number of nitrogens with zero attached hydrogens (tertiary/aromatic N) is 5. The van der Waals surface area contributed by atoms with Crippen molar-refractivity contribution in [2.24, 2.45) is 0 Å². The average Bonchev–Trinajstić information content (AvgIpc) is 3.21. The van der Waals surface area contributed by atoms with Gasteiger partial charge in [-0.15, -0.1) is 0 Å². The van der Waals surface area contributed by atoms with Crippen LogP contribution in [0, 0.1) is 0 Å². The minimum Gasteiger partial charge on any atom is -0.378 e. The number of hydrogen-bond acceptors (Lipinski definition) is 5. The van der Waals surface area contributed by atoms with Gasteiger partial charge < -0.3 is 14.5 Å². The number of aromatic nitrogens is 3. The van der Waals surface area contributed by atoms with Gasteiger partial charge in [-0.25, -0.2) is 0 Å². The summed E-state index contributed by atoms with van der Waals surface area (Å²) in [6.07, 6.45) is 5.05. The minimum atomic E-state index is -0.0828. The Kier molecular flexibility index (Phi) is 5.89. The molecule has 0 aliphatic carbocycles. The molecule has 0 unspecified atom stereocenters. The first-order valence-electron chi connectivity index (χ1n) is 10.3. The predicted octanol–water partition coefficient (Wildman–Crippen LogP) is 1.75. The Morgan fingerprint density at radius 3 is 2.55 bits per heavy atom. The Morgan fingerprint density at radius 2 is 1.83 bits per heavy atom. The molecule has 1 fully saturated rings. The van der Waals surface area contributed by atoms with Crippen molar-refractivity contribution in [2.45, 2.75) is 39.3 Å². The fourth-order valence-corrected chi connectivity index (χ4v) is 3.71. The molecule has 8 heteroatoms. The van der Waals surface area contributed by atoms with Crippen LogP contribution in [0.5, 0.6) is 0 Å². The highest BCUT2D eigenvalue weighted by Crippen LogP contribution is 2.17. The number of pyridine rings is 1. The number of hydrogen-bond donors (Lipinski definition) is 0. The first kappa shape index (κ1) is 19.6. The second kappa shape index (κ2) is 8.73. The van der Waals surface area contributed by atoms with Crippen LogP contribution in [-0.4, -0.2) is 69.2 Å². The number of amides is 2. The van der Waals surface area contributed by atoms with Crippen LogP contribution in [-0.2, 0) is 24.2 Å². The Bertz CT molecular complexity index is 871. The Labute approximate surface area is 170 Å². The summed E-state index contributed by atoms with van der Waals surface area (Å²) in [5.41, 5.74) is 2.93. The summed E-state index contributed by atoms with van der Waals surface area (Å²) in [7, 11) is 0. The Morgan fingerprint density at radius 1 is 1.03 bits per heavy atom. The van der Waals surface area contributed by atoms with E-state index in [1.165, 1.54) is 0 Å². The molecule has 2 aliphatic rings. The van der Waals surface area contributed by atoms with Gasteiger partial charge >= 0.3 is 0 Å². The number of rotatable bonds is 5. The van der Waals surface area contributed by atoms with Gasteiger partial charge in [0.05, 0.1) is 32.0 Å². The number of fused-ring (bicyclic) bond motifs is 1. The van der Waals surface area contributed by atoms with Crippen LogP contribution in [0.3, 0.4) is 0 Å². The summed E-state index contributed by atoms with van der Waals surface area (Å²) >= 11 is 0. The summed E-state index contributed by atoms with van der Waals surface area (Å²) in [6.45, 7) is 6.02. The summed E-state index contributed by atoms with van der Waals surface area (Å²) < 4.78 is 7.14. The van der Waals surface area contributed by atoms with E-state index in [0.29, 0.717) is 57.3 Å². The van der Waals surface area contributed by atoms with E-state index < -0.39 is 0 Å². The van der Waals surface area contributed by atoms with Gasteiger partial charge in [-0.05, 0) is 30.5 Å². The van der Waals surface area contributed by atoms with Crippen LogP contribution in [0.25, 0.3) is 0 Å². The molecule has 4 heterocycles. The normalized spacial score (nSPS) is 16.6. The van der Waals surface area contributed by atoms with Crippen LogP contribution < -0.4 is 0 Å². The average molecular weight is 397 g/mol. The zero-order valence-corrected chi connectivity index (χ0v) is 16.8. The molecule has 29 heavy (non-hydrogen) atoms. The van der Waals surface area contributed by atoms with Gasteiger partial charge in [0.2, 0.25) is 0 Å². The van der Waals surface area contributed by atoms with E-state index in [-0.39, 0.29) is 11.8 Å². The topological polar surface area (TPSA) is 80.6 Å². The number of aryl methyl sites for hydroxylation is 1. The fourth-order valence-electron chi connectivity index (χ4n) is 3.71. The van der Waals surface area contributed by atoms with Gasteiger partial charge in [-0.1, -0.05) is 19.4 Å². The first-order chi connectivity index (χ1) is 14.2. The van der Waals surface area contributed by atoms with E-state index in [9.17, 15) is 9.59 Å². The van der Waals surface area contributed by atoms with E-state index >= 15 is 0 Å². The lowest BCUT2D eigenvalue weighted by Gasteiger charge is -2.27. The Balaban J connectivity index is 1.42. The van der Waals surface area contributed by atoms with Crippen molar-refractivity contribution in [3.05, 3.63) is 47.0 Å². The second-order valence-corrected chi connectivity index (χ2v) is 7.53. The standard InChI is InChI=1S/C21H27N5O3/c1-2-3-4-16-5-6-18(22-14-16)20(27)25-7-8-26-17(15-25)13-19(23-26)21(28)24-9-11-29-12-10-24/h5-6,13-14H,2-4,7-12,15H2,1H3. The third kappa shape index (κ3) is 4.32. The monoisotopic (exact) mass is 397 g/mol. The SMILES string of the molecule is CCCCc1ccc(C(=O)N2CCn3nc(C(=O)N4CCOCC4)cc3C2)nc1. The molecule has 4 rings (SSSR count). The van der Waals surface area contributed by atoms with Crippen molar-refractivity contribution in [3.63, 3.8) is 0 Å². The van der Waals surface area contributed by atoms with E-state index in [2.05, 4.69) is 17.0 Å². The molecule has 0 bridgehead atoms. The maximum atomic E-state index is 12.9. The third-order valence-corrected chi connectivity index (χ3v) is 5.47. The maximum Gasteiger partial charge on any atom is 0.274 e. The molecule has 0 N–H and O–H groups in total. The van der Waals surface area contributed by atoms with Gasteiger partial charge in [0.15, 0.2) is 5.69 Å². The largest absolute Gasteiger partial charge is 0.378 e. The molecule has 154 valence electrons. The van der Waals surface area contributed by atoms with Crippen molar-refractivity contribution in [2.75, 3.05) is 32.8 Å². The van der Waals surface area contributed by atoms with Crippen molar-refractivity contribution in [3.8, 4) is 0 Å². The lowest BCUT2D eigenvalue weighted by molar-refractivity contribution is 0.0298. The van der Waals surface area contributed by atoms with E-state index in [4.69, 9.17) is 4.74 Å². The van der Waals surface area contributed by atoms with Crippen LogP contribution in [0.15, 0.2) is 24.4 Å². The molecule has 2 aromatic rings. The van der Waals surface area contributed by atoms with Crippen LogP contribution >= 0.6 is 0 Å². The van der Waals surface area contributed by atoms with Crippen LogP contribution in [0.1, 0.15) is 52.0 Å². The lowest BCUT2D eigenvalue weighted by atomic mass is 10.1. The number of carbonyl (C=O) groups excluding carboxylic acids is 2. The summed E-state index contributed by atoms with van der Waals surface area (Å²) in [4.78, 5) is 33.4. The van der Waals surface area contributed by atoms with Crippen molar-refractivity contribution < 1.29 is 14.3 Å². The molecule has 0 aromatic carbocycles. The number of ether oxygens (including phenoxy) is 1. The first-order valence-corrected chi connectivity index (χ1v) is 10.3. The quantitative estimate of drug-likeness (QED) is 0.768. The molecule has 8 nitrogen and oxygen atoms in total. The number of unbranched alkanes of at least 4 members (excludes halogenated alkanes) is 1. The number of carbonyl (C=O) groups is 2. The molecule has 2 amide bonds. The Hall–Kier alpha value is -2.74. The number of morpholine rings is 1. The predicted molar refractivity (Wildman–Crippen MR) is 107 cm³/mol. The van der Waals surface area contributed by atoms with Gasteiger partial charge in [0.1, 0.15) is 5.69 Å². The van der Waals surface area contributed by atoms with Gasteiger partial charge in [-0.2, -0.15) is 5.10 Å². The van der Waals surface area contributed by atoms with Gasteiger partial charge in [-0.3, -0.25) is 19.3 Å². The van der Waals surface area contributed by atoms with E-state index in [1.54, 1.807) is 22.1 Å².